The van der Waals surface area contributed by atoms with Crippen LogP contribution in [0.2, 0.25) is 0 Å². The SMILES string of the molecule is N#Cc1cc(C(F)F)c(CBr)cn1. The highest BCUT2D eigenvalue weighted by Crippen LogP contribution is 2.24. The van der Waals surface area contributed by atoms with E-state index in [9.17, 15) is 8.78 Å². The summed E-state index contributed by atoms with van der Waals surface area (Å²) in [6, 6.07) is 2.83. The van der Waals surface area contributed by atoms with E-state index in [4.69, 9.17) is 5.26 Å². The fourth-order valence-electron chi connectivity index (χ4n) is 0.875. The molecule has 0 bridgehead atoms. The van der Waals surface area contributed by atoms with Gasteiger partial charge in [-0.2, -0.15) is 5.26 Å². The Labute approximate surface area is 82.3 Å². The van der Waals surface area contributed by atoms with Gasteiger partial charge in [0.2, 0.25) is 0 Å². The van der Waals surface area contributed by atoms with E-state index >= 15 is 0 Å². The molecule has 0 amide bonds. The molecule has 0 aromatic carbocycles. The highest BCUT2D eigenvalue weighted by molar-refractivity contribution is 9.08. The largest absolute Gasteiger partial charge is 0.264 e. The molecule has 5 heteroatoms. The molecule has 0 fully saturated rings. The zero-order valence-corrected chi connectivity index (χ0v) is 8.05. The minimum absolute atomic E-state index is 0.0139. The second-order valence-electron chi connectivity index (χ2n) is 2.31. The lowest BCUT2D eigenvalue weighted by Crippen LogP contribution is -1.95. The summed E-state index contributed by atoms with van der Waals surface area (Å²) in [6.45, 7) is 0. The number of rotatable bonds is 2. The molecular weight excluding hydrogens is 242 g/mol. The van der Waals surface area contributed by atoms with Gasteiger partial charge >= 0.3 is 0 Å². The third-order valence-electron chi connectivity index (χ3n) is 1.52. The maximum absolute atomic E-state index is 12.4. The van der Waals surface area contributed by atoms with E-state index < -0.39 is 6.43 Å². The van der Waals surface area contributed by atoms with Gasteiger partial charge in [0.1, 0.15) is 11.8 Å². The average molecular weight is 247 g/mol. The molecule has 0 unspecified atom stereocenters. The molecule has 0 aliphatic heterocycles. The van der Waals surface area contributed by atoms with Crippen molar-refractivity contribution in [2.75, 3.05) is 0 Å². The van der Waals surface area contributed by atoms with Gasteiger partial charge in [0.25, 0.3) is 6.43 Å². The summed E-state index contributed by atoms with van der Waals surface area (Å²) < 4.78 is 24.7. The summed E-state index contributed by atoms with van der Waals surface area (Å²) in [6.07, 6.45) is -1.28. The third-order valence-corrected chi connectivity index (χ3v) is 2.12. The number of pyridine rings is 1. The van der Waals surface area contributed by atoms with Gasteiger partial charge in [0, 0.05) is 17.1 Å². The Morgan fingerprint density at radius 1 is 1.62 bits per heavy atom. The zero-order valence-electron chi connectivity index (χ0n) is 6.47. The Bertz CT molecular complexity index is 346. The first-order valence-electron chi connectivity index (χ1n) is 3.42. The smallest absolute Gasteiger partial charge is 0.245 e. The van der Waals surface area contributed by atoms with Crippen molar-refractivity contribution < 1.29 is 8.78 Å². The summed E-state index contributed by atoms with van der Waals surface area (Å²) >= 11 is 3.07. The Kier molecular flexibility index (Phi) is 3.32. The molecule has 0 aliphatic carbocycles. The summed E-state index contributed by atoms with van der Waals surface area (Å²) in [5.74, 6) is 0. The molecule has 2 nitrogen and oxygen atoms in total. The summed E-state index contributed by atoms with van der Waals surface area (Å²) in [5.41, 5.74) is 0.289. The van der Waals surface area contributed by atoms with Gasteiger partial charge in [-0.1, -0.05) is 15.9 Å². The standard InChI is InChI=1S/C8H5BrF2N2/c9-2-5-4-13-6(3-12)1-7(5)8(10)11/h1,4,8H,2H2. The van der Waals surface area contributed by atoms with Gasteiger partial charge in [0.05, 0.1) is 0 Å². The maximum atomic E-state index is 12.4. The van der Waals surface area contributed by atoms with Crippen molar-refractivity contribution in [3.63, 3.8) is 0 Å². The minimum atomic E-state index is -2.57. The molecule has 1 heterocycles. The van der Waals surface area contributed by atoms with Crippen LogP contribution in [-0.2, 0) is 5.33 Å². The van der Waals surface area contributed by atoms with Crippen molar-refractivity contribution >= 4 is 15.9 Å². The maximum Gasteiger partial charge on any atom is 0.264 e. The van der Waals surface area contributed by atoms with Crippen molar-refractivity contribution in [2.24, 2.45) is 0 Å². The van der Waals surface area contributed by atoms with Crippen LogP contribution in [-0.4, -0.2) is 4.98 Å². The summed E-state index contributed by atoms with van der Waals surface area (Å²) in [4.78, 5) is 3.69. The first kappa shape index (κ1) is 10.1. The Hall–Kier alpha value is -1.02. The van der Waals surface area contributed by atoms with Crippen LogP contribution < -0.4 is 0 Å². The van der Waals surface area contributed by atoms with Crippen molar-refractivity contribution in [1.29, 1.82) is 5.26 Å². The van der Waals surface area contributed by atoms with Crippen LogP contribution in [0.15, 0.2) is 12.3 Å². The Morgan fingerprint density at radius 3 is 2.77 bits per heavy atom. The quantitative estimate of drug-likeness (QED) is 0.753. The van der Waals surface area contributed by atoms with Crippen LogP contribution >= 0.6 is 15.9 Å². The van der Waals surface area contributed by atoms with Gasteiger partial charge in [-0.15, -0.1) is 0 Å². The number of hydrogen-bond acceptors (Lipinski definition) is 2. The molecule has 0 atom stereocenters. The van der Waals surface area contributed by atoms with Crippen LogP contribution in [0.1, 0.15) is 23.2 Å². The second kappa shape index (κ2) is 4.28. The van der Waals surface area contributed by atoms with E-state index in [1.807, 2.05) is 0 Å². The van der Waals surface area contributed by atoms with Gasteiger partial charge in [-0.25, -0.2) is 13.8 Å². The first-order valence-corrected chi connectivity index (χ1v) is 4.54. The van der Waals surface area contributed by atoms with Gasteiger partial charge < -0.3 is 0 Å². The lowest BCUT2D eigenvalue weighted by Gasteiger charge is -2.04. The van der Waals surface area contributed by atoms with Crippen molar-refractivity contribution in [3.8, 4) is 6.07 Å². The molecule has 1 rings (SSSR count). The van der Waals surface area contributed by atoms with Crippen molar-refractivity contribution in [2.45, 2.75) is 11.8 Å². The van der Waals surface area contributed by atoms with E-state index in [-0.39, 0.29) is 11.3 Å². The Balaban J connectivity index is 3.20. The normalized spacial score (nSPS) is 10.1. The minimum Gasteiger partial charge on any atom is -0.245 e. The number of nitriles is 1. The fourth-order valence-corrected chi connectivity index (χ4v) is 1.34. The topological polar surface area (TPSA) is 36.7 Å². The molecule has 0 radical (unpaired) electrons. The van der Waals surface area contributed by atoms with E-state index in [2.05, 4.69) is 20.9 Å². The molecule has 0 saturated carbocycles. The number of halogens is 3. The van der Waals surface area contributed by atoms with Gasteiger partial charge in [-0.3, -0.25) is 0 Å². The lowest BCUT2D eigenvalue weighted by molar-refractivity contribution is 0.150. The predicted molar refractivity (Wildman–Crippen MR) is 46.5 cm³/mol. The summed E-state index contributed by atoms with van der Waals surface area (Å²) in [7, 11) is 0. The molecule has 13 heavy (non-hydrogen) atoms. The van der Waals surface area contributed by atoms with Crippen LogP contribution in [0.5, 0.6) is 0 Å². The van der Waals surface area contributed by atoms with E-state index in [0.29, 0.717) is 10.9 Å². The van der Waals surface area contributed by atoms with Crippen LogP contribution in [0.3, 0.4) is 0 Å². The molecular formula is C8H5BrF2N2. The molecule has 0 aliphatic rings. The lowest BCUT2D eigenvalue weighted by atomic mass is 10.1. The molecule has 0 spiro atoms. The number of alkyl halides is 3. The van der Waals surface area contributed by atoms with Crippen LogP contribution in [0, 0.1) is 11.3 Å². The van der Waals surface area contributed by atoms with E-state index in [1.54, 1.807) is 6.07 Å². The van der Waals surface area contributed by atoms with Gasteiger partial charge in [0.15, 0.2) is 0 Å². The van der Waals surface area contributed by atoms with E-state index in [0.717, 1.165) is 6.07 Å². The molecule has 68 valence electrons. The van der Waals surface area contributed by atoms with Gasteiger partial charge in [-0.05, 0) is 11.6 Å². The highest BCUT2D eigenvalue weighted by atomic mass is 79.9. The fraction of sp³-hybridized carbons (Fsp3) is 0.250. The molecule has 0 N–H and O–H groups in total. The highest BCUT2D eigenvalue weighted by Gasteiger charge is 2.13. The van der Waals surface area contributed by atoms with Crippen molar-refractivity contribution in [3.05, 3.63) is 29.1 Å². The third kappa shape index (κ3) is 2.22. The molecule has 0 saturated heterocycles. The van der Waals surface area contributed by atoms with E-state index in [1.165, 1.54) is 6.20 Å². The van der Waals surface area contributed by atoms with Crippen LogP contribution in [0.25, 0.3) is 0 Å². The van der Waals surface area contributed by atoms with Crippen LogP contribution in [0.4, 0.5) is 8.78 Å². The van der Waals surface area contributed by atoms with Crippen molar-refractivity contribution in [1.82, 2.24) is 4.98 Å². The monoisotopic (exact) mass is 246 g/mol. The Morgan fingerprint density at radius 2 is 2.31 bits per heavy atom. The predicted octanol–water partition coefficient (Wildman–Crippen LogP) is 2.79. The second-order valence-corrected chi connectivity index (χ2v) is 2.88. The molecule has 1 aromatic heterocycles. The zero-order chi connectivity index (χ0) is 9.84. The summed E-state index contributed by atoms with van der Waals surface area (Å²) in [5, 5.41) is 8.75. The number of nitrogens with zero attached hydrogens (tertiary/aromatic N) is 2. The number of hydrogen-bond donors (Lipinski definition) is 0. The number of aromatic nitrogens is 1. The average Bonchev–Trinajstić information content (AvgIpc) is 2.16. The first-order chi connectivity index (χ1) is 6.19. The molecule has 1 aromatic rings.